The summed E-state index contributed by atoms with van der Waals surface area (Å²) in [5, 5.41) is 8.66. The van der Waals surface area contributed by atoms with E-state index in [1.807, 2.05) is 0 Å². The van der Waals surface area contributed by atoms with Crippen molar-refractivity contribution in [3.63, 3.8) is 0 Å². The van der Waals surface area contributed by atoms with Gasteiger partial charge in [0, 0.05) is 6.61 Å². The van der Waals surface area contributed by atoms with E-state index in [0.29, 0.717) is 5.56 Å². The van der Waals surface area contributed by atoms with Gasteiger partial charge in [0.2, 0.25) is 0 Å². The van der Waals surface area contributed by atoms with Gasteiger partial charge in [0.25, 0.3) is 0 Å². The van der Waals surface area contributed by atoms with Crippen LogP contribution in [-0.2, 0) is 0 Å². The summed E-state index contributed by atoms with van der Waals surface area (Å²) in [6.45, 7) is -3.14. The normalized spacial score (nSPS) is 12.9. The molecule has 78 valence electrons. The zero-order valence-corrected chi connectivity index (χ0v) is 7.28. The maximum absolute atomic E-state index is 11.7. The molecular formula is C9H10F2NO2-. The molecule has 0 bridgehead atoms. The molecule has 1 aromatic rings. The molecule has 0 aliphatic rings. The van der Waals surface area contributed by atoms with Crippen molar-refractivity contribution in [1.82, 2.24) is 0 Å². The summed E-state index contributed by atoms with van der Waals surface area (Å²) in [4.78, 5) is 0. The lowest BCUT2D eigenvalue weighted by Crippen LogP contribution is -2.02. The van der Waals surface area contributed by atoms with Gasteiger partial charge in [-0.3, -0.25) is 0 Å². The lowest BCUT2D eigenvalue weighted by molar-refractivity contribution is -0.0498. The van der Waals surface area contributed by atoms with E-state index in [9.17, 15) is 8.78 Å². The molecule has 0 radical (unpaired) electrons. The molecule has 1 aromatic carbocycles. The molecule has 0 spiro atoms. The Morgan fingerprint density at radius 3 is 2.29 bits per heavy atom. The molecule has 1 atom stereocenters. The quantitative estimate of drug-likeness (QED) is 0.814. The van der Waals surface area contributed by atoms with Crippen molar-refractivity contribution in [2.24, 2.45) is 0 Å². The molecule has 0 aliphatic carbocycles. The molecule has 0 unspecified atom stereocenters. The average molecular weight is 202 g/mol. The van der Waals surface area contributed by atoms with E-state index in [-0.39, 0.29) is 12.4 Å². The van der Waals surface area contributed by atoms with Crippen molar-refractivity contribution in [1.29, 1.82) is 0 Å². The number of ether oxygens (including phenoxy) is 1. The van der Waals surface area contributed by atoms with Crippen LogP contribution < -0.4 is 4.74 Å². The van der Waals surface area contributed by atoms with Gasteiger partial charge in [-0.1, -0.05) is 23.7 Å². The van der Waals surface area contributed by atoms with Crippen molar-refractivity contribution in [3.8, 4) is 5.75 Å². The second kappa shape index (κ2) is 4.88. The number of alkyl halides is 2. The molecule has 14 heavy (non-hydrogen) atoms. The molecule has 0 saturated carbocycles. The smallest absolute Gasteiger partial charge is 0.387 e. The lowest BCUT2D eigenvalue weighted by Gasteiger charge is -2.17. The molecule has 2 N–H and O–H groups in total. The van der Waals surface area contributed by atoms with Crippen molar-refractivity contribution < 1.29 is 18.6 Å². The number of benzene rings is 1. The van der Waals surface area contributed by atoms with E-state index in [4.69, 9.17) is 10.8 Å². The molecule has 0 amide bonds. The van der Waals surface area contributed by atoms with Crippen molar-refractivity contribution >= 4 is 0 Å². The minimum Gasteiger partial charge on any atom is -0.669 e. The zero-order chi connectivity index (χ0) is 10.6. The fourth-order valence-corrected chi connectivity index (χ4v) is 0.987. The van der Waals surface area contributed by atoms with Crippen molar-refractivity contribution in [2.75, 3.05) is 6.61 Å². The third kappa shape index (κ3) is 2.93. The summed E-state index contributed by atoms with van der Waals surface area (Å²) in [6, 6.07) is 4.91. The van der Waals surface area contributed by atoms with E-state index in [0.717, 1.165) is 0 Å². The number of hydrogen-bond acceptors (Lipinski definition) is 2. The van der Waals surface area contributed by atoms with E-state index in [2.05, 4.69) is 4.74 Å². The third-order valence-corrected chi connectivity index (χ3v) is 1.69. The maximum atomic E-state index is 11.7. The summed E-state index contributed by atoms with van der Waals surface area (Å²) in [5.74, 6) is 0.0499. The van der Waals surface area contributed by atoms with Gasteiger partial charge in [-0.05, 0) is 12.1 Å². The minimum atomic E-state index is -2.84. The van der Waals surface area contributed by atoms with Gasteiger partial charge in [-0.2, -0.15) is 8.78 Å². The Bertz CT molecular complexity index is 277. The first-order chi connectivity index (χ1) is 6.63. The number of hydrogen-bond donors (Lipinski definition) is 1. The van der Waals surface area contributed by atoms with Crippen LogP contribution in [-0.4, -0.2) is 18.3 Å². The van der Waals surface area contributed by atoms with Crippen LogP contribution in [0, 0.1) is 0 Å². The Morgan fingerprint density at radius 1 is 1.29 bits per heavy atom. The number of aliphatic hydroxyl groups excluding tert-OH is 1. The van der Waals surface area contributed by atoms with Crippen molar-refractivity contribution in [3.05, 3.63) is 35.6 Å². The maximum Gasteiger partial charge on any atom is 0.387 e. The lowest BCUT2D eigenvalue weighted by atomic mass is 10.1. The van der Waals surface area contributed by atoms with Gasteiger partial charge in [0.05, 0.1) is 0 Å². The van der Waals surface area contributed by atoms with Gasteiger partial charge < -0.3 is 15.6 Å². The number of rotatable bonds is 4. The first kappa shape index (κ1) is 10.9. The second-order valence-corrected chi connectivity index (χ2v) is 2.68. The molecule has 1 rings (SSSR count). The molecule has 0 saturated heterocycles. The Kier molecular flexibility index (Phi) is 3.79. The molecule has 5 heteroatoms. The van der Waals surface area contributed by atoms with Crippen molar-refractivity contribution in [2.45, 2.75) is 12.7 Å². The molecular weight excluding hydrogens is 192 g/mol. The highest BCUT2D eigenvalue weighted by molar-refractivity contribution is 5.30. The first-order valence-corrected chi connectivity index (χ1v) is 4.00. The van der Waals surface area contributed by atoms with Crippen LogP contribution in [0.4, 0.5) is 8.78 Å². The Balaban J connectivity index is 2.68. The number of aliphatic hydroxyl groups is 1. The van der Waals surface area contributed by atoms with Gasteiger partial charge >= 0.3 is 6.61 Å². The summed E-state index contributed by atoms with van der Waals surface area (Å²) < 4.78 is 27.6. The summed E-state index contributed by atoms with van der Waals surface area (Å²) in [7, 11) is 0. The second-order valence-electron chi connectivity index (χ2n) is 2.68. The Morgan fingerprint density at radius 2 is 1.86 bits per heavy atom. The van der Waals surface area contributed by atoms with Gasteiger partial charge in [0.15, 0.2) is 0 Å². The molecule has 0 fully saturated rings. The van der Waals surface area contributed by atoms with E-state index < -0.39 is 12.7 Å². The first-order valence-electron chi connectivity index (χ1n) is 4.00. The van der Waals surface area contributed by atoms with E-state index in [1.165, 1.54) is 24.3 Å². The summed E-state index contributed by atoms with van der Waals surface area (Å²) in [5.41, 5.74) is 7.90. The summed E-state index contributed by atoms with van der Waals surface area (Å²) in [6.07, 6.45) is 0. The highest BCUT2D eigenvalue weighted by atomic mass is 19.3. The largest absolute Gasteiger partial charge is 0.669 e. The van der Waals surface area contributed by atoms with Crippen LogP contribution in [0.15, 0.2) is 24.3 Å². The van der Waals surface area contributed by atoms with Crippen LogP contribution in [0.3, 0.4) is 0 Å². The summed E-state index contributed by atoms with van der Waals surface area (Å²) >= 11 is 0. The standard InChI is InChI=1S/C9H10F2NO2/c10-9(11)14-7-3-1-6(2-4-7)8(12)5-13/h1-4,8-9,12-13H,5H2/q-1/t8-/m1/s1. The average Bonchev–Trinajstić information content (AvgIpc) is 2.17. The zero-order valence-electron chi connectivity index (χ0n) is 7.28. The van der Waals surface area contributed by atoms with E-state index in [1.54, 1.807) is 0 Å². The predicted molar refractivity (Wildman–Crippen MR) is 47.2 cm³/mol. The molecule has 0 aliphatic heterocycles. The van der Waals surface area contributed by atoms with Gasteiger partial charge in [0.1, 0.15) is 5.75 Å². The minimum absolute atomic E-state index is 0.0499. The fraction of sp³-hybridized carbons (Fsp3) is 0.333. The van der Waals surface area contributed by atoms with Crippen LogP contribution in [0.25, 0.3) is 5.73 Å². The van der Waals surface area contributed by atoms with Crippen LogP contribution in [0.1, 0.15) is 11.6 Å². The molecule has 0 aromatic heterocycles. The number of nitrogens with one attached hydrogen (secondary N) is 1. The number of halogens is 2. The Hall–Kier alpha value is -1.20. The fourth-order valence-electron chi connectivity index (χ4n) is 0.987. The van der Waals surface area contributed by atoms with Gasteiger partial charge in [-0.25, -0.2) is 0 Å². The molecule has 3 nitrogen and oxygen atoms in total. The van der Waals surface area contributed by atoms with E-state index >= 15 is 0 Å². The van der Waals surface area contributed by atoms with Gasteiger partial charge in [-0.15, -0.1) is 0 Å². The highest BCUT2D eigenvalue weighted by Crippen LogP contribution is 2.20. The monoisotopic (exact) mass is 202 g/mol. The molecule has 0 heterocycles. The van der Waals surface area contributed by atoms with Crippen LogP contribution in [0.2, 0.25) is 0 Å². The SMILES string of the molecule is [NH-][C@H](CO)c1ccc(OC(F)F)cc1. The van der Waals surface area contributed by atoms with Crippen LogP contribution >= 0.6 is 0 Å². The van der Waals surface area contributed by atoms with Crippen LogP contribution in [0.5, 0.6) is 5.75 Å². The predicted octanol–water partition coefficient (Wildman–Crippen LogP) is 2.37. The highest BCUT2D eigenvalue weighted by Gasteiger charge is 2.04. The topological polar surface area (TPSA) is 53.3 Å². The third-order valence-electron chi connectivity index (χ3n) is 1.69. The Labute approximate surface area is 80.1 Å².